The van der Waals surface area contributed by atoms with Crippen LogP contribution in [0.2, 0.25) is 0 Å². The SMILES string of the molecule is CCCCCOCCOCCOCCOCCOCCOCCOCCOCCNC(=O)COCC(=O)O. The third-order valence-corrected chi connectivity index (χ3v) is 4.52. The Bertz CT molecular complexity index is 513. The molecule has 0 aliphatic heterocycles. The Morgan fingerprint density at radius 1 is 0.500 bits per heavy atom. The summed E-state index contributed by atoms with van der Waals surface area (Å²) in [7, 11) is 0. The number of amides is 1. The van der Waals surface area contributed by atoms with E-state index in [9.17, 15) is 9.59 Å². The summed E-state index contributed by atoms with van der Waals surface area (Å²) >= 11 is 0. The minimum Gasteiger partial charge on any atom is -0.480 e. The zero-order chi connectivity index (χ0) is 27.8. The zero-order valence-electron chi connectivity index (χ0n) is 23.0. The van der Waals surface area contributed by atoms with Crippen molar-refractivity contribution >= 4 is 11.9 Å². The number of ether oxygens (including phenoxy) is 9. The van der Waals surface area contributed by atoms with E-state index in [4.69, 9.17) is 43.0 Å². The summed E-state index contributed by atoms with van der Waals surface area (Å²) in [6.45, 7) is 9.82. The number of carboxylic acid groups (broad SMARTS) is 1. The molecule has 0 radical (unpaired) electrons. The minimum absolute atomic E-state index is 0.295. The van der Waals surface area contributed by atoms with Gasteiger partial charge in [0.1, 0.15) is 13.2 Å². The first-order valence-corrected chi connectivity index (χ1v) is 13.3. The molecule has 13 heteroatoms. The molecule has 38 heavy (non-hydrogen) atoms. The van der Waals surface area contributed by atoms with Crippen molar-refractivity contribution in [1.82, 2.24) is 5.32 Å². The van der Waals surface area contributed by atoms with Crippen molar-refractivity contribution in [3.8, 4) is 0 Å². The van der Waals surface area contributed by atoms with Crippen molar-refractivity contribution < 1.29 is 57.3 Å². The highest BCUT2D eigenvalue weighted by molar-refractivity contribution is 5.77. The van der Waals surface area contributed by atoms with Crippen LogP contribution in [-0.2, 0) is 52.2 Å². The summed E-state index contributed by atoms with van der Waals surface area (Å²) < 4.78 is 48.0. The monoisotopic (exact) mass is 555 g/mol. The summed E-state index contributed by atoms with van der Waals surface area (Å²) in [5, 5.41) is 10.9. The van der Waals surface area contributed by atoms with Crippen LogP contribution < -0.4 is 5.32 Å². The fourth-order valence-electron chi connectivity index (χ4n) is 2.64. The summed E-state index contributed by atoms with van der Waals surface area (Å²) in [6, 6.07) is 0. The molecule has 0 atom stereocenters. The molecule has 0 saturated carbocycles. The van der Waals surface area contributed by atoms with Crippen molar-refractivity contribution in [3.05, 3.63) is 0 Å². The third kappa shape index (κ3) is 32.6. The van der Waals surface area contributed by atoms with Crippen molar-refractivity contribution in [3.63, 3.8) is 0 Å². The van der Waals surface area contributed by atoms with Gasteiger partial charge in [0, 0.05) is 13.2 Å². The van der Waals surface area contributed by atoms with Crippen LogP contribution in [0.1, 0.15) is 26.2 Å². The Morgan fingerprint density at radius 3 is 1.24 bits per heavy atom. The van der Waals surface area contributed by atoms with E-state index in [0.717, 1.165) is 13.0 Å². The molecule has 0 aliphatic carbocycles. The first-order valence-electron chi connectivity index (χ1n) is 13.3. The number of unbranched alkanes of at least 4 members (excludes halogenated alkanes) is 2. The normalized spacial score (nSPS) is 11.2. The molecule has 0 saturated heterocycles. The topological polar surface area (TPSA) is 149 Å². The molecule has 0 aromatic carbocycles. The van der Waals surface area contributed by atoms with Gasteiger partial charge in [-0.1, -0.05) is 19.8 Å². The minimum atomic E-state index is -1.12. The van der Waals surface area contributed by atoms with E-state index in [1.165, 1.54) is 12.8 Å². The second kappa shape index (κ2) is 31.8. The van der Waals surface area contributed by atoms with Crippen molar-refractivity contribution in [2.45, 2.75) is 26.2 Å². The molecule has 2 N–H and O–H groups in total. The number of carbonyl (C=O) groups is 2. The van der Waals surface area contributed by atoms with E-state index in [0.29, 0.717) is 106 Å². The van der Waals surface area contributed by atoms with Gasteiger partial charge in [0.25, 0.3) is 0 Å². The van der Waals surface area contributed by atoms with Crippen LogP contribution in [0.4, 0.5) is 0 Å². The van der Waals surface area contributed by atoms with Crippen LogP contribution >= 0.6 is 0 Å². The number of nitrogens with one attached hydrogen (secondary N) is 1. The largest absolute Gasteiger partial charge is 0.480 e. The molecule has 226 valence electrons. The maximum absolute atomic E-state index is 11.3. The van der Waals surface area contributed by atoms with Gasteiger partial charge < -0.3 is 53.1 Å². The van der Waals surface area contributed by atoms with E-state index < -0.39 is 18.5 Å². The highest BCUT2D eigenvalue weighted by Crippen LogP contribution is 1.94. The average Bonchev–Trinajstić information content (AvgIpc) is 2.90. The second-order valence-corrected chi connectivity index (χ2v) is 7.84. The summed E-state index contributed by atoms with van der Waals surface area (Å²) in [5.74, 6) is -1.51. The number of carbonyl (C=O) groups excluding carboxylic acids is 1. The predicted molar refractivity (Wildman–Crippen MR) is 138 cm³/mol. The Kier molecular flexibility index (Phi) is 30.6. The first-order chi connectivity index (χ1) is 18.7. The van der Waals surface area contributed by atoms with E-state index in [-0.39, 0.29) is 6.61 Å². The molecule has 0 spiro atoms. The lowest BCUT2D eigenvalue weighted by Crippen LogP contribution is -2.31. The van der Waals surface area contributed by atoms with Gasteiger partial charge >= 0.3 is 5.97 Å². The number of hydrogen-bond acceptors (Lipinski definition) is 11. The quantitative estimate of drug-likeness (QED) is 0.111. The van der Waals surface area contributed by atoms with E-state index >= 15 is 0 Å². The van der Waals surface area contributed by atoms with Gasteiger partial charge in [-0.25, -0.2) is 4.79 Å². The lowest BCUT2D eigenvalue weighted by atomic mass is 10.3. The fraction of sp³-hybridized carbons (Fsp3) is 0.920. The standard InChI is InChI=1S/C25H49NO12/c1-2-3-4-6-30-8-10-32-12-14-34-16-18-36-20-21-37-19-17-35-15-13-33-11-9-31-7-5-26-24(27)22-38-23-25(28)29/h2-23H2,1H3,(H,26,27)(H,28,29). The maximum atomic E-state index is 11.3. The molecule has 0 heterocycles. The van der Waals surface area contributed by atoms with Gasteiger partial charge in [-0.15, -0.1) is 0 Å². The predicted octanol–water partition coefficient (Wildman–Crippen LogP) is 0.527. The van der Waals surface area contributed by atoms with Gasteiger partial charge in [-0.05, 0) is 6.42 Å². The van der Waals surface area contributed by atoms with E-state index in [1.54, 1.807) is 0 Å². The van der Waals surface area contributed by atoms with Crippen molar-refractivity contribution in [2.75, 3.05) is 125 Å². The summed E-state index contributed by atoms with van der Waals surface area (Å²) in [6.07, 6.45) is 3.52. The molecular weight excluding hydrogens is 506 g/mol. The third-order valence-electron chi connectivity index (χ3n) is 4.52. The van der Waals surface area contributed by atoms with Crippen LogP contribution in [0.15, 0.2) is 0 Å². The molecule has 1 amide bonds. The van der Waals surface area contributed by atoms with Gasteiger partial charge in [-0.2, -0.15) is 0 Å². The van der Waals surface area contributed by atoms with Crippen LogP contribution in [0.3, 0.4) is 0 Å². The molecule has 0 unspecified atom stereocenters. The Hall–Kier alpha value is -1.42. The molecule has 13 nitrogen and oxygen atoms in total. The van der Waals surface area contributed by atoms with Crippen LogP contribution in [-0.4, -0.2) is 142 Å². The Morgan fingerprint density at radius 2 is 0.868 bits per heavy atom. The highest BCUT2D eigenvalue weighted by Gasteiger charge is 2.03. The zero-order valence-corrected chi connectivity index (χ0v) is 23.0. The fourth-order valence-corrected chi connectivity index (χ4v) is 2.64. The van der Waals surface area contributed by atoms with Crippen LogP contribution in [0.5, 0.6) is 0 Å². The van der Waals surface area contributed by atoms with Crippen molar-refractivity contribution in [1.29, 1.82) is 0 Å². The van der Waals surface area contributed by atoms with Gasteiger partial charge in [0.15, 0.2) is 0 Å². The molecule has 0 rings (SSSR count). The molecule has 0 bridgehead atoms. The summed E-state index contributed by atoms with van der Waals surface area (Å²) in [4.78, 5) is 21.6. The number of hydrogen-bond donors (Lipinski definition) is 2. The van der Waals surface area contributed by atoms with E-state index in [2.05, 4.69) is 17.0 Å². The molecule has 0 aromatic rings. The van der Waals surface area contributed by atoms with Crippen LogP contribution in [0.25, 0.3) is 0 Å². The molecular formula is C25H49NO12. The van der Waals surface area contributed by atoms with E-state index in [1.807, 2.05) is 0 Å². The van der Waals surface area contributed by atoms with Gasteiger partial charge in [0.2, 0.25) is 5.91 Å². The average molecular weight is 556 g/mol. The lowest BCUT2D eigenvalue weighted by molar-refractivity contribution is -0.143. The first kappa shape index (κ1) is 36.6. The molecule has 0 aromatic heterocycles. The lowest BCUT2D eigenvalue weighted by Gasteiger charge is -2.09. The number of rotatable bonds is 32. The van der Waals surface area contributed by atoms with Crippen LogP contribution in [0, 0.1) is 0 Å². The molecule has 0 fully saturated rings. The Labute approximate surface area is 226 Å². The smallest absolute Gasteiger partial charge is 0.329 e. The maximum Gasteiger partial charge on any atom is 0.329 e. The molecule has 0 aliphatic rings. The number of carboxylic acids is 1. The highest BCUT2D eigenvalue weighted by atomic mass is 16.6. The Balaban J connectivity index is 3.08. The number of aliphatic carboxylic acids is 1. The van der Waals surface area contributed by atoms with Crippen molar-refractivity contribution in [2.24, 2.45) is 0 Å². The van der Waals surface area contributed by atoms with Gasteiger partial charge in [-0.3, -0.25) is 4.79 Å². The second-order valence-electron chi connectivity index (χ2n) is 7.84. The summed E-state index contributed by atoms with van der Waals surface area (Å²) in [5.41, 5.74) is 0. The van der Waals surface area contributed by atoms with Gasteiger partial charge in [0.05, 0.1) is 99.1 Å².